The molecule has 0 unspecified atom stereocenters. The number of hydrogen-bond donors (Lipinski definition) is 1. The zero-order valence-electron chi connectivity index (χ0n) is 16.1. The lowest BCUT2D eigenvalue weighted by Gasteiger charge is -2.10. The Hall–Kier alpha value is -3.92. The molecule has 0 spiro atoms. The summed E-state index contributed by atoms with van der Waals surface area (Å²) >= 11 is 0. The van der Waals surface area contributed by atoms with E-state index >= 15 is 0 Å². The molecule has 3 aromatic rings. The quantitative estimate of drug-likeness (QED) is 0.648. The zero-order valence-corrected chi connectivity index (χ0v) is 16.1. The molecular formula is C22H19N3O4. The molecule has 1 aromatic heterocycles. The van der Waals surface area contributed by atoms with Crippen LogP contribution >= 0.6 is 0 Å². The highest BCUT2D eigenvalue weighted by atomic mass is 16.5. The summed E-state index contributed by atoms with van der Waals surface area (Å²) in [5.41, 5.74) is 2.93. The Labute approximate surface area is 167 Å². The largest absolute Gasteiger partial charge is 0.497 e. The van der Waals surface area contributed by atoms with Crippen LogP contribution in [-0.4, -0.2) is 30.6 Å². The Bertz CT molecular complexity index is 1100. The number of aryl methyl sites for hydroxylation is 1. The lowest BCUT2D eigenvalue weighted by molar-refractivity contribution is -0.119. The molecule has 0 aliphatic carbocycles. The van der Waals surface area contributed by atoms with Gasteiger partial charge in [0.05, 0.1) is 36.4 Å². The third kappa shape index (κ3) is 4.87. The minimum absolute atomic E-state index is 0.302. The van der Waals surface area contributed by atoms with E-state index in [0.29, 0.717) is 34.6 Å². The number of nitrogens with zero attached hydrogens (tertiary/aromatic N) is 2. The molecule has 7 nitrogen and oxygen atoms in total. The minimum atomic E-state index is -0.618. The monoisotopic (exact) mass is 389 g/mol. The molecule has 0 atom stereocenters. The van der Waals surface area contributed by atoms with Gasteiger partial charge in [-0.3, -0.25) is 9.78 Å². The van der Waals surface area contributed by atoms with Crippen molar-refractivity contribution in [1.82, 2.24) is 4.98 Å². The number of esters is 1. The first-order chi connectivity index (χ1) is 14.0. The molecule has 2 aromatic carbocycles. The van der Waals surface area contributed by atoms with E-state index in [4.69, 9.17) is 14.7 Å². The van der Waals surface area contributed by atoms with Crippen LogP contribution in [0.4, 0.5) is 5.69 Å². The number of pyridine rings is 1. The summed E-state index contributed by atoms with van der Waals surface area (Å²) in [6.07, 6.45) is 0.303. The maximum absolute atomic E-state index is 12.4. The molecule has 7 heteroatoms. The fourth-order valence-electron chi connectivity index (χ4n) is 2.78. The number of rotatable bonds is 6. The molecule has 0 saturated heterocycles. The van der Waals surface area contributed by atoms with Crippen LogP contribution in [0.1, 0.15) is 21.6 Å². The van der Waals surface area contributed by atoms with E-state index in [1.165, 1.54) is 0 Å². The van der Waals surface area contributed by atoms with E-state index in [-0.39, 0.29) is 0 Å². The summed E-state index contributed by atoms with van der Waals surface area (Å²) in [5, 5.41) is 12.1. The normalized spacial score (nSPS) is 10.2. The predicted molar refractivity (Wildman–Crippen MR) is 108 cm³/mol. The van der Waals surface area contributed by atoms with Gasteiger partial charge >= 0.3 is 5.97 Å². The van der Waals surface area contributed by atoms with Gasteiger partial charge in [-0.15, -0.1) is 0 Å². The zero-order chi connectivity index (χ0) is 20.8. The lowest BCUT2D eigenvalue weighted by atomic mass is 10.1. The Balaban J connectivity index is 1.63. The van der Waals surface area contributed by atoms with E-state index in [2.05, 4.69) is 16.4 Å². The first kappa shape index (κ1) is 19.8. The molecule has 146 valence electrons. The van der Waals surface area contributed by atoms with Crippen molar-refractivity contribution >= 4 is 28.5 Å². The summed E-state index contributed by atoms with van der Waals surface area (Å²) in [6, 6.07) is 16.0. The van der Waals surface area contributed by atoms with E-state index in [0.717, 1.165) is 10.9 Å². The van der Waals surface area contributed by atoms with Crippen LogP contribution in [-0.2, 0) is 16.0 Å². The van der Waals surface area contributed by atoms with Gasteiger partial charge in [0.25, 0.3) is 5.91 Å². The molecular weight excluding hydrogens is 370 g/mol. The van der Waals surface area contributed by atoms with E-state index in [9.17, 15) is 9.59 Å². The number of hydrogen-bond acceptors (Lipinski definition) is 6. The van der Waals surface area contributed by atoms with Crippen molar-refractivity contribution in [3.05, 3.63) is 65.4 Å². The van der Waals surface area contributed by atoms with Crippen molar-refractivity contribution in [1.29, 1.82) is 5.26 Å². The third-order valence-electron chi connectivity index (χ3n) is 4.29. The Morgan fingerprint density at radius 3 is 2.59 bits per heavy atom. The molecule has 0 aliphatic rings. The van der Waals surface area contributed by atoms with Crippen LogP contribution < -0.4 is 10.1 Å². The van der Waals surface area contributed by atoms with Gasteiger partial charge in [0.15, 0.2) is 6.61 Å². The number of carbonyl (C=O) groups is 2. The number of amides is 1. The maximum Gasteiger partial charge on any atom is 0.340 e. The van der Waals surface area contributed by atoms with Crippen LogP contribution in [0.15, 0.2) is 48.5 Å². The Morgan fingerprint density at radius 2 is 1.90 bits per heavy atom. The van der Waals surface area contributed by atoms with Gasteiger partial charge in [-0.05, 0) is 42.8 Å². The second-order valence-corrected chi connectivity index (χ2v) is 6.34. The molecule has 1 amide bonds. The standard InChI is InChI=1S/C22H19N3O4/c1-14-19(11-16-5-8-18(28-2)12-20(16)24-14)22(27)29-13-21(26)25-17-6-3-15(4-7-17)9-10-23/h3-8,11-12H,9,13H2,1-2H3,(H,25,26). The summed E-state index contributed by atoms with van der Waals surface area (Å²) in [5.74, 6) is -0.396. The first-order valence-corrected chi connectivity index (χ1v) is 8.88. The summed E-state index contributed by atoms with van der Waals surface area (Å²) in [6.45, 7) is 1.29. The highest BCUT2D eigenvalue weighted by molar-refractivity contribution is 5.98. The van der Waals surface area contributed by atoms with E-state index in [1.807, 2.05) is 0 Å². The molecule has 3 rings (SSSR count). The average molecular weight is 389 g/mol. The van der Waals surface area contributed by atoms with E-state index < -0.39 is 18.5 Å². The highest BCUT2D eigenvalue weighted by Gasteiger charge is 2.15. The number of anilines is 1. The van der Waals surface area contributed by atoms with Gasteiger partial charge in [-0.1, -0.05) is 12.1 Å². The highest BCUT2D eigenvalue weighted by Crippen LogP contribution is 2.22. The van der Waals surface area contributed by atoms with Crippen molar-refractivity contribution in [2.24, 2.45) is 0 Å². The van der Waals surface area contributed by atoms with Crippen LogP contribution in [0.2, 0.25) is 0 Å². The summed E-state index contributed by atoms with van der Waals surface area (Å²) in [4.78, 5) is 28.9. The predicted octanol–water partition coefficient (Wildman–Crippen LogP) is 3.41. The number of aromatic nitrogens is 1. The van der Waals surface area contributed by atoms with Crippen molar-refractivity contribution in [2.45, 2.75) is 13.3 Å². The maximum atomic E-state index is 12.4. The van der Waals surface area contributed by atoms with Gasteiger partial charge in [0.1, 0.15) is 5.75 Å². The minimum Gasteiger partial charge on any atom is -0.497 e. The lowest BCUT2D eigenvalue weighted by Crippen LogP contribution is -2.21. The van der Waals surface area contributed by atoms with Crippen molar-refractivity contribution < 1.29 is 19.1 Å². The van der Waals surface area contributed by atoms with Crippen LogP contribution in [0, 0.1) is 18.3 Å². The number of benzene rings is 2. The van der Waals surface area contributed by atoms with Gasteiger partial charge in [0, 0.05) is 17.1 Å². The second-order valence-electron chi connectivity index (χ2n) is 6.34. The second kappa shape index (κ2) is 8.85. The molecule has 1 N–H and O–H groups in total. The number of methoxy groups -OCH3 is 1. The fourth-order valence-corrected chi connectivity index (χ4v) is 2.78. The smallest absolute Gasteiger partial charge is 0.340 e. The fraction of sp³-hybridized carbons (Fsp3) is 0.182. The molecule has 29 heavy (non-hydrogen) atoms. The topological polar surface area (TPSA) is 101 Å². The number of fused-ring (bicyclic) bond motifs is 1. The van der Waals surface area contributed by atoms with Crippen molar-refractivity contribution in [3.8, 4) is 11.8 Å². The molecule has 0 fully saturated rings. The average Bonchev–Trinajstić information content (AvgIpc) is 2.72. The Kier molecular flexibility index (Phi) is 6.05. The summed E-state index contributed by atoms with van der Waals surface area (Å²) in [7, 11) is 1.57. The van der Waals surface area contributed by atoms with Crippen LogP contribution in [0.5, 0.6) is 5.75 Å². The van der Waals surface area contributed by atoms with Crippen molar-refractivity contribution in [2.75, 3.05) is 19.0 Å². The molecule has 0 radical (unpaired) electrons. The van der Waals surface area contributed by atoms with Gasteiger partial charge in [-0.25, -0.2) is 4.79 Å². The number of nitriles is 1. The van der Waals surface area contributed by atoms with Crippen LogP contribution in [0.25, 0.3) is 10.9 Å². The van der Waals surface area contributed by atoms with Gasteiger partial charge in [-0.2, -0.15) is 5.26 Å². The molecule has 0 bridgehead atoms. The Morgan fingerprint density at radius 1 is 1.14 bits per heavy atom. The number of carbonyl (C=O) groups excluding carboxylic acids is 2. The van der Waals surface area contributed by atoms with Gasteiger partial charge in [0.2, 0.25) is 0 Å². The number of ether oxygens (including phenoxy) is 2. The van der Waals surface area contributed by atoms with Crippen molar-refractivity contribution in [3.63, 3.8) is 0 Å². The molecule has 0 aliphatic heterocycles. The van der Waals surface area contributed by atoms with Crippen LogP contribution in [0.3, 0.4) is 0 Å². The van der Waals surface area contributed by atoms with Gasteiger partial charge < -0.3 is 14.8 Å². The first-order valence-electron chi connectivity index (χ1n) is 8.88. The summed E-state index contributed by atoms with van der Waals surface area (Å²) < 4.78 is 10.3. The molecule has 1 heterocycles. The van der Waals surface area contributed by atoms with E-state index in [1.54, 1.807) is 62.6 Å². The number of nitrogens with one attached hydrogen (secondary N) is 1. The third-order valence-corrected chi connectivity index (χ3v) is 4.29. The SMILES string of the molecule is COc1ccc2cc(C(=O)OCC(=O)Nc3ccc(CC#N)cc3)c(C)nc2c1. The molecule has 0 saturated carbocycles.